The smallest absolute Gasteiger partial charge is 0.105 e. The van der Waals surface area contributed by atoms with E-state index < -0.39 is 0 Å². The zero-order chi connectivity index (χ0) is 14.0. The average molecular weight is 322 g/mol. The van der Waals surface area contributed by atoms with Gasteiger partial charge < -0.3 is 9.73 Å². The highest BCUT2D eigenvalue weighted by molar-refractivity contribution is 9.10. The predicted molar refractivity (Wildman–Crippen MR) is 82.3 cm³/mol. The molecule has 0 aliphatic rings. The molecule has 1 aromatic heterocycles. The van der Waals surface area contributed by atoms with Crippen LogP contribution in [0.4, 0.5) is 0 Å². The Hall–Kier alpha value is -1.06. The predicted octanol–water partition coefficient (Wildman–Crippen LogP) is 5.07. The van der Waals surface area contributed by atoms with Gasteiger partial charge in [0.1, 0.15) is 11.5 Å². The van der Waals surface area contributed by atoms with Gasteiger partial charge in [0.15, 0.2) is 0 Å². The van der Waals surface area contributed by atoms with Gasteiger partial charge in [0, 0.05) is 22.1 Å². The van der Waals surface area contributed by atoms with Crippen LogP contribution < -0.4 is 5.32 Å². The Kier molecular flexibility index (Phi) is 4.48. The van der Waals surface area contributed by atoms with E-state index in [1.807, 2.05) is 19.9 Å². The molecule has 0 saturated carbocycles. The van der Waals surface area contributed by atoms with E-state index in [1.54, 1.807) is 0 Å². The van der Waals surface area contributed by atoms with Gasteiger partial charge in [-0.25, -0.2) is 0 Å². The van der Waals surface area contributed by atoms with Crippen LogP contribution in [0.1, 0.15) is 48.6 Å². The van der Waals surface area contributed by atoms with Crippen LogP contribution in [0.2, 0.25) is 0 Å². The summed E-state index contributed by atoms with van der Waals surface area (Å²) in [6.45, 7) is 8.35. The molecule has 2 rings (SSSR count). The van der Waals surface area contributed by atoms with Crippen molar-refractivity contribution in [3.63, 3.8) is 0 Å². The van der Waals surface area contributed by atoms with Crippen LogP contribution in [0.25, 0.3) is 0 Å². The maximum atomic E-state index is 5.60. The summed E-state index contributed by atoms with van der Waals surface area (Å²) in [5, 5.41) is 3.62. The Morgan fingerprint density at radius 1 is 1.05 bits per heavy atom. The Morgan fingerprint density at radius 3 is 2.26 bits per heavy atom. The third-order valence-electron chi connectivity index (χ3n) is 3.42. The van der Waals surface area contributed by atoms with Crippen molar-refractivity contribution in [2.45, 2.75) is 39.8 Å². The quantitative estimate of drug-likeness (QED) is 0.850. The summed E-state index contributed by atoms with van der Waals surface area (Å²) in [6, 6.07) is 11.0. The molecule has 2 atom stereocenters. The van der Waals surface area contributed by atoms with Crippen molar-refractivity contribution in [3.05, 3.63) is 57.5 Å². The SMILES string of the molecule is Cc1cc(C(C)NC(C)c2ccccc2Br)c(C)o1. The fraction of sp³-hybridized carbons (Fsp3) is 0.375. The number of nitrogens with one attached hydrogen (secondary N) is 1. The second-order valence-corrected chi connectivity index (χ2v) is 5.85. The fourth-order valence-electron chi connectivity index (χ4n) is 2.46. The first-order chi connectivity index (χ1) is 8.99. The molecule has 2 nitrogen and oxygen atoms in total. The van der Waals surface area contributed by atoms with Crippen molar-refractivity contribution in [2.24, 2.45) is 0 Å². The lowest BCUT2D eigenvalue weighted by Crippen LogP contribution is -2.22. The standard InChI is InChI=1S/C16H20BrNO/c1-10-9-15(13(4)19-10)12(3)18-11(2)14-7-5-6-8-16(14)17/h5-9,11-12,18H,1-4H3. The molecule has 2 aromatic rings. The summed E-state index contributed by atoms with van der Waals surface area (Å²) in [5.41, 5.74) is 2.50. The van der Waals surface area contributed by atoms with Crippen LogP contribution in [-0.4, -0.2) is 0 Å². The maximum absolute atomic E-state index is 5.60. The summed E-state index contributed by atoms with van der Waals surface area (Å²) in [6.07, 6.45) is 0. The van der Waals surface area contributed by atoms with Gasteiger partial charge in [0.05, 0.1) is 0 Å². The van der Waals surface area contributed by atoms with Crippen LogP contribution in [0.5, 0.6) is 0 Å². The van der Waals surface area contributed by atoms with Gasteiger partial charge in [-0.1, -0.05) is 34.1 Å². The number of hydrogen-bond donors (Lipinski definition) is 1. The van der Waals surface area contributed by atoms with Crippen LogP contribution in [0, 0.1) is 13.8 Å². The van der Waals surface area contributed by atoms with E-state index in [4.69, 9.17) is 4.42 Å². The highest BCUT2D eigenvalue weighted by atomic mass is 79.9. The normalized spacial score (nSPS) is 14.4. The third-order valence-corrected chi connectivity index (χ3v) is 4.14. The second kappa shape index (κ2) is 5.93. The Balaban J connectivity index is 2.13. The first-order valence-corrected chi connectivity index (χ1v) is 7.35. The van der Waals surface area contributed by atoms with Gasteiger partial charge in [0.2, 0.25) is 0 Å². The lowest BCUT2D eigenvalue weighted by Gasteiger charge is -2.21. The van der Waals surface area contributed by atoms with E-state index in [0.717, 1.165) is 16.0 Å². The molecule has 0 spiro atoms. The molecule has 0 amide bonds. The van der Waals surface area contributed by atoms with Gasteiger partial charge in [0.25, 0.3) is 0 Å². The van der Waals surface area contributed by atoms with Gasteiger partial charge in [-0.05, 0) is 45.4 Å². The summed E-state index contributed by atoms with van der Waals surface area (Å²) in [4.78, 5) is 0. The van der Waals surface area contributed by atoms with Crippen LogP contribution in [0.15, 0.2) is 39.2 Å². The minimum absolute atomic E-state index is 0.263. The lowest BCUT2D eigenvalue weighted by atomic mass is 10.0. The number of rotatable bonds is 4. The molecule has 3 heteroatoms. The first-order valence-electron chi connectivity index (χ1n) is 6.56. The zero-order valence-corrected chi connectivity index (χ0v) is 13.4. The summed E-state index contributed by atoms with van der Waals surface area (Å²) >= 11 is 3.60. The van der Waals surface area contributed by atoms with Crippen molar-refractivity contribution >= 4 is 15.9 Å². The Bertz CT molecular complexity index is 562. The van der Waals surface area contributed by atoms with Crippen LogP contribution >= 0.6 is 15.9 Å². The molecule has 102 valence electrons. The third kappa shape index (κ3) is 3.28. The number of halogens is 1. The second-order valence-electron chi connectivity index (χ2n) is 5.00. The van der Waals surface area contributed by atoms with Gasteiger partial charge in [-0.2, -0.15) is 0 Å². The molecule has 0 saturated heterocycles. The average Bonchev–Trinajstić information content (AvgIpc) is 2.69. The van der Waals surface area contributed by atoms with E-state index in [-0.39, 0.29) is 12.1 Å². The highest BCUT2D eigenvalue weighted by Gasteiger charge is 2.16. The number of benzene rings is 1. The molecule has 0 aliphatic carbocycles. The molecule has 0 fully saturated rings. The maximum Gasteiger partial charge on any atom is 0.105 e. The van der Waals surface area contributed by atoms with Gasteiger partial charge in [-0.3, -0.25) is 0 Å². The molecule has 1 heterocycles. The Morgan fingerprint density at radius 2 is 1.68 bits per heavy atom. The van der Waals surface area contributed by atoms with Crippen LogP contribution in [-0.2, 0) is 0 Å². The minimum Gasteiger partial charge on any atom is -0.466 e. The van der Waals surface area contributed by atoms with E-state index in [9.17, 15) is 0 Å². The van der Waals surface area contributed by atoms with Crippen molar-refractivity contribution in [2.75, 3.05) is 0 Å². The summed E-state index contributed by atoms with van der Waals surface area (Å²) in [7, 11) is 0. The van der Waals surface area contributed by atoms with E-state index in [1.165, 1.54) is 11.1 Å². The molecular formula is C16H20BrNO. The first kappa shape index (κ1) is 14.4. The van der Waals surface area contributed by atoms with Gasteiger partial charge >= 0.3 is 0 Å². The molecule has 0 aliphatic heterocycles. The number of hydrogen-bond acceptors (Lipinski definition) is 2. The van der Waals surface area contributed by atoms with Crippen LogP contribution in [0.3, 0.4) is 0 Å². The molecule has 2 unspecified atom stereocenters. The zero-order valence-electron chi connectivity index (χ0n) is 11.8. The lowest BCUT2D eigenvalue weighted by molar-refractivity contribution is 0.468. The van der Waals surface area contributed by atoms with Crippen molar-refractivity contribution in [1.82, 2.24) is 5.32 Å². The topological polar surface area (TPSA) is 25.2 Å². The summed E-state index contributed by atoms with van der Waals surface area (Å²) in [5.74, 6) is 1.96. The van der Waals surface area contributed by atoms with E-state index >= 15 is 0 Å². The van der Waals surface area contributed by atoms with Crippen molar-refractivity contribution < 1.29 is 4.42 Å². The van der Waals surface area contributed by atoms with E-state index in [2.05, 4.69) is 59.4 Å². The molecule has 1 N–H and O–H groups in total. The molecule has 0 radical (unpaired) electrons. The summed E-state index contributed by atoms with van der Waals surface area (Å²) < 4.78 is 6.74. The fourth-order valence-corrected chi connectivity index (χ4v) is 3.09. The highest BCUT2D eigenvalue weighted by Crippen LogP contribution is 2.27. The molecule has 1 aromatic carbocycles. The monoisotopic (exact) mass is 321 g/mol. The molecule has 0 bridgehead atoms. The Labute approximate surface area is 123 Å². The number of aryl methyl sites for hydroxylation is 2. The number of furan rings is 1. The van der Waals surface area contributed by atoms with E-state index in [0.29, 0.717) is 0 Å². The molecule has 19 heavy (non-hydrogen) atoms. The minimum atomic E-state index is 0.263. The van der Waals surface area contributed by atoms with Crippen molar-refractivity contribution in [1.29, 1.82) is 0 Å². The largest absolute Gasteiger partial charge is 0.466 e. The van der Waals surface area contributed by atoms with Gasteiger partial charge in [-0.15, -0.1) is 0 Å². The van der Waals surface area contributed by atoms with Crippen molar-refractivity contribution in [3.8, 4) is 0 Å². The molecular weight excluding hydrogens is 302 g/mol.